The summed E-state index contributed by atoms with van der Waals surface area (Å²) in [5, 5.41) is 29.4. The van der Waals surface area contributed by atoms with Gasteiger partial charge in [-0.2, -0.15) is 0 Å². The van der Waals surface area contributed by atoms with Gasteiger partial charge in [0.05, 0.1) is 0 Å². The van der Waals surface area contributed by atoms with Crippen molar-refractivity contribution in [2.24, 2.45) is 5.14 Å². The molecule has 1 aliphatic heterocycles. The number of fused-ring (bicyclic) bond motifs is 2. The van der Waals surface area contributed by atoms with Gasteiger partial charge in [-0.15, -0.1) is 10.2 Å². The van der Waals surface area contributed by atoms with Crippen LogP contribution in [-0.2, 0) is 42.3 Å². The summed E-state index contributed by atoms with van der Waals surface area (Å²) < 4.78 is 25.7. The zero-order valence-corrected chi connectivity index (χ0v) is 17.0. The number of nitrogens with zero attached hydrogens (tertiary/aromatic N) is 3. The van der Waals surface area contributed by atoms with Gasteiger partial charge < -0.3 is 10.4 Å². The lowest BCUT2D eigenvalue weighted by molar-refractivity contribution is 0.153. The Balaban J connectivity index is 1.55. The SMILES string of the molecule is NS(=O)(=O)c1nnc(Nc2c3c(cc4c2CCC4)CCC3)n1CC1CCC(O)N1. The topological polar surface area (TPSA) is 135 Å². The standard InChI is InChI=1S/C19H26N6O3S/c20-29(27,28)19-24-23-18(25(19)10-13-7-8-16(26)21-13)22-17-14-5-1-3-11(14)9-12-4-2-6-15(12)17/h9,13,16,21,26H,1-8,10H2,(H,22,23)(H2,20,27,28). The van der Waals surface area contributed by atoms with E-state index in [1.165, 1.54) is 26.8 Å². The third-order valence-corrected chi connectivity index (χ3v) is 7.11. The maximum atomic E-state index is 12.1. The van der Waals surface area contributed by atoms with Crippen LogP contribution in [0.4, 0.5) is 11.6 Å². The number of hydrogen-bond donors (Lipinski definition) is 4. The number of nitrogens with two attached hydrogens (primary N) is 1. The molecule has 2 heterocycles. The quantitative estimate of drug-likeness (QED) is 0.562. The van der Waals surface area contributed by atoms with Crippen molar-refractivity contribution in [2.75, 3.05) is 5.32 Å². The molecule has 2 aromatic rings. The molecule has 1 saturated heterocycles. The van der Waals surface area contributed by atoms with E-state index in [4.69, 9.17) is 5.14 Å². The Morgan fingerprint density at radius 2 is 1.83 bits per heavy atom. The Kier molecular flexibility index (Phi) is 4.61. The molecule has 0 bridgehead atoms. The average molecular weight is 419 g/mol. The van der Waals surface area contributed by atoms with Crippen molar-refractivity contribution < 1.29 is 13.5 Å². The largest absolute Gasteiger partial charge is 0.379 e. The molecule has 0 amide bonds. The number of aliphatic hydroxyl groups excluding tert-OH is 1. The lowest BCUT2D eigenvalue weighted by Crippen LogP contribution is -2.33. The van der Waals surface area contributed by atoms with E-state index in [0.29, 0.717) is 18.9 Å². The second kappa shape index (κ2) is 7.05. The van der Waals surface area contributed by atoms with Crippen LogP contribution in [0.5, 0.6) is 0 Å². The van der Waals surface area contributed by atoms with Gasteiger partial charge >= 0.3 is 0 Å². The first-order chi connectivity index (χ1) is 13.9. The zero-order valence-electron chi connectivity index (χ0n) is 16.2. The van der Waals surface area contributed by atoms with Gasteiger partial charge in [0.1, 0.15) is 6.23 Å². The maximum absolute atomic E-state index is 12.1. The van der Waals surface area contributed by atoms with Gasteiger partial charge in [-0.05, 0) is 73.6 Å². The molecule has 0 spiro atoms. The van der Waals surface area contributed by atoms with Crippen LogP contribution < -0.4 is 15.8 Å². The first kappa shape index (κ1) is 19.0. The third kappa shape index (κ3) is 3.43. The van der Waals surface area contributed by atoms with E-state index in [0.717, 1.165) is 50.6 Å². The van der Waals surface area contributed by atoms with Crippen LogP contribution in [0.2, 0.25) is 0 Å². The molecule has 29 heavy (non-hydrogen) atoms. The Morgan fingerprint density at radius 1 is 1.14 bits per heavy atom. The van der Waals surface area contributed by atoms with Crippen molar-refractivity contribution in [1.29, 1.82) is 0 Å². The Bertz CT molecular complexity index is 1030. The molecule has 1 fully saturated rings. The van der Waals surface area contributed by atoms with E-state index in [-0.39, 0.29) is 11.2 Å². The van der Waals surface area contributed by atoms with E-state index in [2.05, 4.69) is 26.9 Å². The summed E-state index contributed by atoms with van der Waals surface area (Å²) >= 11 is 0. The molecule has 5 rings (SSSR count). The van der Waals surface area contributed by atoms with Crippen molar-refractivity contribution in [3.63, 3.8) is 0 Å². The number of anilines is 2. The van der Waals surface area contributed by atoms with E-state index >= 15 is 0 Å². The van der Waals surface area contributed by atoms with E-state index in [9.17, 15) is 13.5 Å². The van der Waals surface area contributed by atoms with Crippen molar-refractivity contribution in [3.05, 3.63) is 28.3 Å². The molecule has 0 saturated carbocycles. The highest BCUT2D eigenvalue weighted by atomic mass is 32.2. The smallest absolute Gasteiger partial charge is 0.273 e. The molecule has 5 N–H and O–H groups in total. The van der Waals surface area contributed by atoms with Crippen molar-refractivity contribution in [2.45, 2.75) is 75.3 Å². The van der Waals surface area contributed by atoms with Gasteiger partial charge in [0.25, 0.3) is 15.2 Å². The van der Waals surface area contributed by atoms with Crippen LogP contribution in [0, 0.1) is 0 Å². The molecular weight excluding hydrogens is 392 g/mol. The first-order valence-electron chi connectivity index (χ1n) is 10.2. The Morgan fingerprint density at radius 3 is 2.41 bits per heavy atom. The molecular formula is C19H26N6O3S. The summed E-state index contributed by atoms with van der Waals surface area (Å²) in [6, 6.07) is 2.27. The fraction of sp³-hybridized carbons (Fsp3) is 0.579. The molecule has 10 heteroatoms. The lowest BCUT2D eigenvalue weighted by atomic mass is 9.99. The lowest BCUT2D eigenvalue weighted by Gasteiger charge is -2.19. The van der Waals surface area contributed by atoms with Gasteiger partial charge in [0, 0.05) is 18.3 Å². The highest BCUT2D eigenvalue weighted by molar-refractivity contribution is 7.89. The summed E-state index contributed by atoms with van der Waals surface area (Å²) in [6.07, 6.45) is 7.23. The Hall–Kier alpha value is -2.01. The molecule has 1 aromatic heterocycles. The number of rotatable bonds is 5. The van der Waals surface area contributed by atoms with E-state index < -0.39 is 16.3 Å². The minimum Gasteiger partial charge on any atom is -0.379 e. The maximum Gasteiger partial charge on any atom is 0.273 e. The predicted molar refractivity (Wildman–Crippen MR) is 107 cm³/mol. The van der Waals surface area contributed by atoms with Crippen LogP contribution in [-0.4, -0.2) is 40.6 Å². The second-order valence-electron chi connectivity index (χ2n) is 8.28. The van der Waals surface area contributed by atoms with Gasteiger partial charge in [-0.3, -0.25) is 9.88 Å². The number of primary sulfonamides is 1. The van der Waals surface area contributed by atoms with Gasteiger partial charge in [-0.1, -0.05) is 6.07 Å². The second-order valence-corrected chi connectivity index (χ2v) is 9.73. The molecule has 1 aromatic carbocycles. The van der Waals surface area contributed by atoms with Crippen LogP contribution in [0.15, 0.2) is 11.2 Å². The summed E-state index contributed by atoms with van der Waals surface area (Å²) in [5.41, 5.74) is 6.46. The molecule has 9 nitrogen and oxygen atoms in total. The normalized spacial score (nSPS) is 23.4. The van der Waals surface area contributed by atoms with Gasteiger partial charge in [0.2, 0.25) is 5.95 Å². The monoisotopic (exact) mass is 418 g/mol. The fourth-order valence-corrected chi connectivity index (χ4v) is 5.62. The summed E-state index contributed by atoms with van der Waals surface area (Å²) in [4.78, 5) is 0. The number of aryl methyl sites for hydroxylation is 2. The summed E-state index contributed by atoms with van der Waals surface area (Å²) in [6.45, 7) is 0.315. The number of hydrogen-bond acceptors (Lipinski definition) is 7. The van der Waals surface area contributed by atoms with Gasteiger partial charge in [0.15, 0.2) is 0 Å². The van der Waals surface area contributed by atoms with Crippen molar-refractivity contribution >= 4 is 21.7 Å². The first-order valence-corrected chi connectivity index (χ1v) is 11.8. The average Bonchev–Trinajstić information content (AvgIpc) is 3.42. The van der Waals surface area contributed by atoms with Crippen LogP contribution in [0.25, 0.3) is 0 Å². The minimum absolute atomic E-state index is 0.0748. The molecule has 156 valence electrons. The van der Waals surface area contributed by atoms with E-state index in [1.807, 2.05) is 0 Å². The number of nitrogens with one attached hydrogen (secondary N) is 2. The fourth-order valence-electron chi connectivity index (χ4n) is 5.00. The van der Waals surface area contributed by atoms with E-state index in [1.54, 1.807) is 0 Å². The minimum atomic E-state index is -4.02. The molecule has 2 atom stereocenters. The highest BCUT2D eigenvalue weighted by Crippen LogP contribution is 2.39. The molecule has 2 aliphatic carbocycles. The number of aliphatic hydroxyl groups is 1. The highest BCUT2D eigenvalue weighted by Gasteiger charge is 2.29. The number of aromatic nitrogens is 3. The molecule has 2 unspecified atom stereocenters. The summed E-state index contributed by atoms with van der Waals surface area (Å²) in [7, 11) is -4.02. The van der Waals surface area contributed by atoms with Crippen LogP contribution in [0.3, 0.4) is 0 Å². The van der Waals surface area contributed by atoms with Gasteiger partial charge in [-0.25, -0.2) is 13.6 Å². The molecule has 3 aliphatic rings. The molecule has 0 radical (unpaired) electrons. The zero-order chi connectivity index (χ0) is 20.2. The predicted octanol–water partition coefficient (Wildman–Crippen LogP) is 0.717. The Labute approximate surface area is 169 Å². The summed E-state index contributed by atoms with van der Waals surface area (Å²) in [5.74, 6) is 0.381. The van der Waals surface area contributed by atoms with Crippen molar-refractivity contribution in [3.8, 4) is 0 Å². The van der Waals surface area contributed by atoms with Crippen LogP contribution in [0.1, 0.15) is 47.9 Å². The number of benzene rings is 1. The van der Waals surface area contributed by atoms with Crippen LogP contribution >= 0.6 is 0 Å². The third-order valence-electron chi connectivity index (χ3n) is 6.30. The number of sulfonamides is 1. The van der Waals surface area contributed by atoms with Crippen molar-refractivity contribution in [1.82, 2.24) is 20.1 Å².